The Labute approximate surface area is 284 Å². The highest BCUT2D eigenvalue weighted by Gasteiger charge is 2.47. The summed E-state index contributed by atoms with van der Waals surface area (Å²) in [6, 6.07) is 3.05. The average Bonchev–Trinajstić information content (AvgIpc) is 3.21. The molecular weight excluding hydrogens is 598 g/mol. The van der Waals surface area contributed by atoms with Crippen molar-refractivity contribution in [3.8, 4) is 6.07 Å². The van der Waals surface area contributed by atoms with Crippen molar-refractivity contribution in [1.29, 1.82) is 5.26 Å². The van der Waals surface area contributed by atoms with Crippen molar-refractivity contribution in [3.63, 3.8) is 0 Å². The van der Waals surface area contributed by atoms with E-state index >= 15 is 0 Å². The zero-order valence-corrected chi connectivity index (χ0v) is 30.2. The molecule has 3 aliphatic carbocycles. The van der Waals surface area contributed by atoms with E-state index in [0.29, 0.717) is 44.6 Å². The highest BCUT2D eigenvalue weighted by atomic mass is 35.5. The summed E-state index contributed by atoms with van der Waals surface area (Å²) in [6.07, 6.45) is 14.4. The van der Waals surface area contributed by atoms with Crippen LogP contribution in [0, 0.1) is 35.0 Å². The maximum atomic E-state index is 12.9. The fourth-order valence-corrected chi connectivity index (χ4v) is 8.70. The van der Waals surface area contributed by atoms with Gasteiger partial charge in [0, 0.05) is 50.2 Å². The van der Waals surface area contributed by atoms with Crippen molar-refractivity contribution in [2.45, 2.75) is 134 Å². The molecule has 3 N–H and O–H groups in total. The smallest absolute Gasteiger partial charge is 0.221 e. The molecule has 11 atom stereocenters. The number of hydrogen-bond acceptors (Lipinski definition) is 7. The zero-order chi connectivity index (χ0) is 33.2. The van der Waals surface area contributed by atoms with E-state index in [1.54, 1.807) is 0 Å². The Morgan fingerprint density at radius 2 is 1.96 bits per heavy atom. The molecule has 3 fully saturated rings. The molecule has 1 amide bonds. The van der Waals surface area contributed by atoms with Gasteiger partial charge < -0.3 is 30.3 Å². The molecule has 46 heavy (non-hydrogen) atoms. The van der Waals surface area contributed by atoms with Crippen LogP contribution in [0.25, 0.3) is 0 Å². The van der Waals surface area contributed by atoms with Crippen LogP contribution in [0.15, 0.2) is 23.3 Å². The Bertz CT molecular complexity index is 1080. The Morgan fingerprint density at radius 3 is 2.65 bits per heavy atom. The summed E-state index contributed by atoms with van der Waals surface area (Å²) in [5, 5.41) is 21.0. The molecule has 4 aliphatic rings. The van der Waals surface area contributed by atoms with E-state index in [4.69, 9.17) is 21.1 Å². The molecule has 0 aromatic heterocycles. The molecule has 2 saturated carbocycles. The zero-order valence-electron chi connectivity index (χ0n) is 29.4. The number of alkyl halides is 1. The van der Waals surface area contributed by atoms with E-state index in [1.165, 1.54) is 30.4 Å². The molecule has 1 saturated heterocycles. The molecule has 1 heterocycles. The van der Waals surface area contributed by atoms with Crippen LogP contribution in [0.5, 0.6) is 0 Å². The molecule has 4 rings (SSSR count). The fourth-order valence-electron chi connectivity index (χ4n) is 8.29. The minimum atomic E-state index is -0.138. The Kier molecular flexibility index (Phi) is 14.9. The van der Waals surface area contributed by atoms with E-state index < -0.39 is 0 Å². The number of nitrogens with one attached hydrogen (secondary N) is 3. The van der Waals surface area contributed by atoms with Crippen molar-refractivity contribution in [2.24, 2.45) is 23.7 Å². The van der Waals surface area contributed by atoms with Crippen LogP contribution >= 0.6 is 11.6 Å². The third-order valence-electron chi connectivity index (χ3n) is 11.1. The molecule has 11 unspecified atom stereocenters. The summed E-state index contributed by atoms with van der Waals surface area (Å²) in [5.41, 5.74) is 3.01. The molecule has 8 nitrogen and oxygen atoms in total. The Morgan fingerprint density at radius 1 is 1.15 bits per heavy atom. The first kappa shape index (κ1) is 37.4. The van der Waals surface area contributed by atoms with Gasteiger partial charge in [0.2, 0.25) is 5.91 Å². The Hall–Kier alpha value is -1.47. The number of nitrogens with zero attached hydrogens (tertiary/aromatic N) is 2. The molecule has 1 aliphatic heterocycles. The van der Waals surface area contributed by atoms with Crippen LogP contribution in [-0.2, 0) is 14.3 Å². The first-order valence-electron chi connectivity index (χ1n) is 18.2. The summed E-state index contributed by atoms with van der Waals surface area (Å²) in [7, 11) is 3.96. The van der Waals surface area contributed by atoms with E-state index in [0.717, 1.165) is 38.5 Å². The number of ether oxygens (including phenoxy) is 2. The SMILES string of the molecule is CCCC1CCC(C(C)COC2CCC(NC3C(C#N)CNC4CC(OCC)C(NC(=O)CCN(C)C)CC43)CC2Cl)=CC=C1C. The van der Waals surface area contributed by atoms with Gasteiger partial charge in [0.05, 0.1) is 42.2 Å². The summed E-state index contributed by atoms with van der Waals surface area (Å²) in [4.78, 5) is 14.9. The van der Waals surface area contributed by atoms with Crippen molar-refractivity contribution < 1.29 is 14.3 Å². The lowest BCUT2D eigenvalue weighted by Crippen LogP contribution is -2.66. The predicted octanol–water partition coefficient (Wildman–Crippen LogP) is 5.57. The van der Waals surface area contributed by atoms with Crippen LogP contribution in [0.2, 0.25) is 0 Å². The summed E-state index contributed by atoms with van der Waals surface area (Å²) in [5.74, 6) is 1.24. The minimum absolute atomic E-state index is 0.0323. The molecule has 260 valence electrons. The van der Waals surface area contributed by atoms with E-state index in [9.17, 15) is 10.1 Å². The maximum absolute atomic E-state index is 12.9. The molecule has 0 aromatic carbocycles. The molecule has 0 aromatic rings. The highest BCUT2D eigenvalue weighted by Crippen LogP contribution is 2.37. The van der Waals surface area contributed by atoms with Crippen molar-refractivity contribution in [2.75, 3.05) is 40.4 Å². The van der Waals surface area contributed by atoms with Gasteiger partial charge in [-0.25, -0.2) is 0 Å². The molecule has 9 heteroatoms. The number of piperidine rings is 1. The lowest BCUT2D eigenvalue weighted by Gasteiger charge is -2.50. The first-order chi connectivity index (χ1) is 22.1. The van der Waals surface area contributed by atoms with Crippen LogP contribution in [0.1, 0.15) is 91.9 Å². The van der Waals surface area contributed by atoms with E-state index in [1.807, 2.05) is 25.9 Å². The van der Waals surface area contributed by atoms with Gasteiger partial charge in [-0.15, -0.1) is 11.6 Å². The van der Waals surface area contributed by atoms with Gasteiger partial charge in [-0.3, -0.25) is 4.79 Å². The normalized spacial score (nSPS) is 35.7. The summed E-state index contributed by atoms with van der Waals surface area (Å²) >= 11 is 7.02. The second-order valence-corrected chi connectivity index (χ2v) is 15.3. The number of hydrogen-bond donors (Lipinski definition) is 3. The van der Waals surface area contributed by atoms with Crippen LogP contribution < -0.4 is 16.0 Å². The average molecular weight is 660 g/mol. The van der Waals surface area contributed by atoms with E-state index in [-0.39, 0.29) is 59.5 Å². The second kappa shape index (κ2) is 18.3. The number of nitriles is 1. The van der Waals surface area contributed by atoms with Crippen molar-refractivity contribution in [3.05, 3.63) is 23.3 Å². The Balaban J connectivity index is 1.32. The monoisotopic (exact) mass is 659 g/mol. The summed E-state index contributed by atoms with van der Waals surface area (Å²) in [6.45, 7) is 11.6. The lowest BCUT2D eigenvalue weighted by molar-refractivity contribution is -0.124. The molecule has 0 spiro atoms. The summed E-state index contributed by atoms with van der Waals surface area (Å²) < 4.78 is 12.6. The molecule has 0 bridgehead atoms. The van der Waals surface area contributed by atoms with Gasteiger partial charge in [0.15, 0.2) is 0 Å². The number of carbonyl (C=O) groups excluding carboxylic acids is 1. The topological polar surface area (TPSA) is 98.6 Å². The highest BCUT2D eigenvalue weighted by molar-refractivity contribution is 6.21. The number of fused-ring (bicyclic) bond motifs is 1. The minimum Gasteiger partial charge on any atom is -0.376 e. The van der Waals surface area contributed by atoms with Gasteiger partial charge in [0.1, 0.15) is 0 Å². The lowest BCUT2D eigenvalue weighted by atomic mass is 9.69. The van der Waals surface area contributed by atoms with Crippen LogP contribution in [0.3, 0.4) is 0 Å². The third kappa shape index (κ3) is 10.3. The van der Waals surface area contributed by atoms with Gasteiger partial charge in [0.25, 0.3) is 0 Å². The first-order valence-corrected chi connectivity index (χ1v) is 18.6. The van der Waals surface area contributed by atoms with Crippen LogP contribution in [-0.4, -0.2) is 93.0 Å². The van der Waals surface area contributed by atoms with Gasteiger partial charge >= 0.3 is 0 Å². The predicted molar refractivity (Wildman–Crippen MR) is 187 cm³/mol. The van der Waals surface area contributed by atoms with Crippen LogP contribution in [0.4, 0.5) is 0 Å². The molecular formula is C37H62ClN5O3. The fraction of sp³-hybridized carbons (Fsp3) is 0.838. The quantitative estimate of drug-likeness (QED) is 0.210. The van der Waals surface area contributed by atoms with Gasteiger partial charge in [-0.2, -0.15) is 5.26 Å². The van der Waals surface area contributed by atoms with Gasteiger partial charge in [-0.1, -0.05) is 43.6 Å². The van der Waals surface area contributed by atoms with Crippen molar-refractivity contribution >= 4 is 17.5 Å². The van der Waals surface area contributed by atoms with Gasteiger partial charge in [-0.05, 0) is 91.1 Å². The number of amides is 1. The number of carbonyl (C=O) groups is 1. The largest absolute Gasteiger partial charge is 0.376 e. The number of halogens is 1. The number of rotatable bonds is 14. The number of allylic oxidation sites excluding steroid dienone is 3. The standard InChI is InChI=1S/C37H62ClN5O3/c1-7-9-26-12-13-27(11-10-24(26)3)25(4)23-46-34-15-14-29(18-31(34)38)41-37-28(21-39)22-40-32-20-35(45-8-2)33(19-30(32)37)42-36(44)16-17-43(5)6/h10-11,25-26,28-35,37,40-41H,7-9,12-20,22-23H2,1-6H3,(H,42,44). The van der Waals surface area contributed by atoms with Crippen molar-refractivity contribution in [1.82, 2.24) is 20.9 Å². The molecule has 0 radical (unpaired) electrons. The second-order valence-electron chi connectivity index (χ2n) is 14.8. The van der Waals surface area contributed by atoms with E-state index in [2.05, 4.69) is 54.9 Å². The third-order valence-corrected chi connectivity index (χ3v) is 11.6. The maximum Gasteiger partial charge on any atom is 0.221 e.